The third-order valence-corrected chi connectivity index (χ3v) is 6.62. The van der Waals surface area contributed by atoms with Crippen molar-refractivity contribution in [1.82, 2.24) is 9.80 Å². The van der Waals surface area contributed by atoms with E-state index in [-0.39, 0.29) is 24.5 Å². The van der Waals surface area contributed by atoms with Crippen LogP contribution in [0.4, 0.5) is 10.5 Å². The summed E-state index contributed by atoms with van der Waals surface area (Å²) < 4.78 is 10.4. The summed E-state index contributed by atoms with van der Waals surface area (Å²) in [4.78, 5) is 52.7. The SMILES string of the molecule is COC(=O)c1ccc(NCC2CCN(C(=O)OC(C)(C)C)CC2)cc1C#CCN1C(=O)c2ccccc2C1=O. The molecule has 0 aromatic heterocycles. The number of nitrogens with one attached hydrogen (secondary N) is 1. The molecule has 0 atom stereocenters. The van der Waals surface area contributed by atoms with Crippen LogP contribution in [0.15, 0.2) is 42.5 Å². The van der Waals surface area contributed by atoms with E-state index in [0.717, 1.165) is 23.4 Å². The Morgan fingerprint density at radius 1 is 1.03 bits per heavy atom. The van der Waals surface area contributed by atoms with Gasteiger partial charge in [0.1, 0.15) is 5.60 Å². The molecule has 3 amide bonds. The number of rotatable bonds is 5. The average Bonchev–Trinajstić information content (AvgIpc) is 3.16. The molecule has 4 rings (SSSR count). The Balaban J connectivity index is 1.39. The fourth-order valence-corrected chi connectivity index (χ4v) is 4.55. The molecule has 1 N–H and O–H groups in total. The lowest BCUT2D eigenvalue weighted by atomic mass is 9.97. The molecular formula is C30H33N3O6. The third-order valence-electron chi connectivity index (χ3n) is 6.62. The minimum absolute atomic E-state index is 0.0964. The summed E-state index contributed by atoms with van der Waals surface area (Å²) in [5, 5.41) is 3.41. The number of methoxy groups -OCH3 is 1. The van der Waals surface area contributed by atoms with Crippen LogP contribution in [-0.4, -0.2) is 72.6 Å². The zero-order chi connectivity index (χ0) is 28.2. The van der Waals surface area contributed by atoms with Gasteiger partial charge in [-0.2, -0.15) is 0 Å². The number of hydrogen-bond acceptors (Lipinski definition) is 7. The van der Waals surface area contributed by atoms with E-state index in [9.17, 15) is 19.2 Å². The highest BCUT2D eigenvalue weighted by Gasteiger charge is 2.34. The van der Waals surface area contributed by atoms with Gasteiger partial charge in [0.05, 0.1) is 30.3 Å². The molecule has 0 radical (unpaired) electrons. The van der Waals surface area contributed by atoms with Gasteiger partial charge in [-0.3, -0.25) is 14.5 Å². The summed E-state index contributed by atoms with van der Waals surface area (Å²) >= 11 is 0. The molecule has 2 aliphatic heterocycles. The van der Waals surface area contributed by atoms with Crippen molar-refractivity contribution in [3.63, 3.8) is 0 Å². The number of piperidine rings is 1. The van der Waals surface area contributed by atoms with Crippen molar-refractivity contribution in [2.24, 2.45) is 5.92 Å². The number of ether oxygens (including phenoxy) is 2. The van der Waals surface area contributed by atoms with E-state index >= 15 is 0 Å². The van der Waals surface area contributed by atoms with Gasteiger partial charge >= 0.3 is 12.1 Å². The molecule has 2 aromatic carbocycles. The van der Waals surface area contributed by atoms with Crippen LogP contribution in [0.5, 0.6) is 0 Å². The number of fused-ring (bicyclic) bond motifs is 1. The topological polar surface area (TPSA) is 105 Å². The number of esters is 1. The van der Waals surface area contributed by atoms with Crippen LogP contribution >= 0.6 is 0 Å². The Labute approximate surface area is 228 Å². The largest absolute Gasteiger partial charge is 0.465 e. The molecular weight excluding hydrogens is 498 g/mol. The van der Waals surface area contributed by atoms with Gasteiger partial charge in [-0.25, -0.2) is 9.59 Å². The van der Waals surface area contributed by atoms with Crippen LogP contribution in [0.25, 0.3) is 0 Å². The summed E-state index contributed by atoms with van der Waals surface area (Å²) in [6.07, 6.45) is 1.41. The molecule has 0 aliphatic carbocycles. The maximum atomic E-state index is 12.6. The van der Waals surface area contributed by atoms with Crippen LogP contribution < -0.4 is 5.32 Å². The second-order valence-electron chi connectivity index (χ2n) is 10.6. The highest BCUT2D eigenvalue weighted by molar-refractivity contribution is 6.21. The summed E-state index contributed by atoms with van der Waals surface area (Å²) in [7, 11) is 1.30. The summed E-state index contributed by atoms with van der Waals surface area (Å²) in [5.41, 5.74) is 1.72. The Hall–Kier alpha value is -4.32. The van der Waals surface area contributed by atoms with Gasteiger partial charge in [0.2, 0.25) is 0 Å². The fraction of sp³-hybridized carbons (Fsp3) is 0.400. The van der Waals surface area contributed by atoms with Crippen LogP contribution in [0.2, 0.25) is 0 Å². The number of imide groups is 1. The van der Waals surface area contributed by atoms with Crippen LogP contribution in [0.1, 0.15) is 70.3 Å². The number of amides is 3. The van der Waals surface area contributed by atoms with E-state index in [1.807, 2.05) is 20.8 Å². The van der Waals surface area contributed by atoms with Crippen molar-refractivity contribution >= 4 is 29.6 Å². The lowest BCUT2D eigenvalue weighted by molar-refractivity contribution is 0.0187. The van der Waals surface area contributed by atoms with Crippen molar-refractivity contribution < 1.29 is 28.7 Å². The number of likely N-dealkylation sites (tertiary alicyclic amines) is 1. The number of nitrogens with zero attached hydrogens (tertiary/aromatic N) is 2. The third kappa shape index (κ3) is 6.58. The number of anilines is 1. The van der Waals surface area contributed by atoms with E-state index < -0.39 is 11.6 Å². The molecule has 0 unspecified atom stereocenters. The lowest BCUT2D eigenvalue weighted by Crippen LogP contribution is -2.42. The van der Waals surface area contributed by atoms with Crippen molar-refractivity contribution in [1.29, 1.82) is 0 Å². The Kier molecular flexibility index (Phi) is 8.24. The van der Waals surface area contributed by atoms with Gasteiger partial charge in [-0.15, -0.1) is 0 Å². The minimum Gasteiger partial charge on any atom is -0.465 e. The molecule has 0 saturated carbocycles. The molecule has 9 heteroatoms. The van der Waals surface area contributed by atoms with Gasteiger partial charge < -0.3 is 19.7 Å². The predicted molar refractivity (Wildman–Crippen MR) is 145 cm³/mol. The molecule has 39 heavy (non-hydrogen) atoms. The second-order valence-corrected chi connectivity index (χ2v) is 10.6. The molecule has 1 saturated heterocycles. The first-order valence-electron chi connectivity index (χ1n) is 13.0. The van der Waals surface area contributed by atoms with Gasteiger partial charge in [0, 0.05) is 30.9 Å². The number of benzene rings is 2. The normalized spacial score (nSPS) is 15.4. The summed E-state index contributed by atoms with van der Waals surface area (Å²) in [5.74, 6) is 4.89. The van der Waals surface area contributed by atoms with Crippen molar-refractivity contribution in [2.45, 2.75) is 39.2 Å². The van der Waals surface area contributed by atoms with Gasteiger partial charge in [-0.05, 0) is 69.9 Å². The van der Waals surface area contributed by atoms with E-state index in [2.05, 4.69) is 17.2 Å². The zero-order valence-corrected chi connectivity index (χ0v) is 22.7. The molecule has 1 fully saturated rings. The van der Waals surface area contributed by atoms with Crippen molar-refractivity contribution in [2.75, 3.05) is 38.6 Å². The number of carbonyl (C=O) groups excluding carboxylic acids is 4. The first kappa shape index (κ1) is 27.7. The second kappa shape index (κ2) is 11.6. The van der Waals surface area contributed by atoms with Gasteiger partial charge in [-0.1, -0.05) is 24.0 Å². The standard InChI is InChI=1S/C30H33N3O6/c1-30(2,3)39-29(37)32-16-13-20(14-17-32)19-31-22-11-12-23(28(36)38-4)21(18-22)8-7-15-33-26(34)24-9-5-6-10-25(24)27(33)35/h5-6,9-12,18,20,31H,13-17,19H2,1-4H3. The summed E-state index contributed by atoms with van der Waals surface area (Å²) in [6, 6.07) is 11.9. The van der Waals surface area contributed by atoms with Crippen LogP contribution in [0, 0.1) is 17.8 Å². The molecule has 0 spiro atoms. The van der Waals surface area contributed by atoms with Crippen LogP contribution in [-0.2, 0) is 9.47 Å². The minimum atomic E-state index is -0.527. The molecule has 204 valence electrons. The highest BCUT2D eigenvalue weighted by atomic mass is 16.6. The van der Waals surface area contributed by atoms with Crippen LogP contribution in [0.3, 0.4) is 0 Å². The van der Waals surface area contributed by atoms with E-state index in [4.69, 9.17) is 9.47 Å². The number of carbonyl (C=O) groups is 4. The first-order valence-corrected chi connectivity index (χ1v) is 13.0. The highest BCUT2D eigenvalue weighted by Crippen LogP contribution is 2.23. The quantitative estimate of drug-likeness (QED) is 0.351. The van der Waals surface area contributed by atoms with Gasteiger partial charge in [0.25, 0.3) is 11.8 Å². The maximum Gasteiger partial charge on any atom is 0.410 e. The molecule has 2 heterocycles. The molecule has 2 aromatic rings. The van der Waals surface area contributed by atoms with Crippen molar-refractivity contribution in [3.05, 3.63) is 64.7 Å². The Bertz CT molecular complexity index is 1310. The van der Waals surface area contributed by atoms with E-state index in [1.165, 1.54) is 7.11 Å². The molecule has 0 bridgehead atoms. The van der Waals surface area contributed by atoms with E-state index in [1.54, 1.807) is 47.4 Å². The predicted octanol–water partition coefficient (Wildman–Crippen LogP) is 4.18. The monoisotopic (exact) mass is 531 g/mol. The molecule has 9 nitrogen and oxygen atoms in total. The average molecular weight is 532 g/mol. The van der Waals surface area contributed by atoms with Gasteiger partial charge in [0.15, 0.2) is 0 Å². The first-order chi connectivity index (χ1) is 18.6. The molecule has 2 aliphatic rings. The van der Waals surface area contributed by atoms with E-state index in [0.29, 0.717) is 47.8 Å². The summed E-state index contributed by atoms with van der Waals surface area (Å²) in [6.45, 7) is 7.44. The van der Waals surface area contributed by atoms with Crippen molar-refractivity contribution in [3.8, 4) is 11.8 Å². The zero-order valence-electron chi connectivity index (χ0n) is 22.7. The maximum absolute atomic E-state index is 12.6. The number of hydrogen-bond donors (Lipinski definition) is 1. The Morgan fingerprint density at radius 2 is 1.67 bits per heavy atom. The fourth-order valence-electron chi connectivity index (χ4n) is 4.55. The smallest absolute Gasteiger partial charge is 0.410 e. The Morgan fingerprint density at radius 3 is 2.26 bits per heavy atom. The lowest BCUT2D eigenvalue weighted by Gasteiger charge is -2.33.